The van der Waals surface area contributed by atoms with Crippen LogP contribution in [0.5, 0.6) is 0 Å². The molecule has 19 heavy (non-hydrogen) atoms. The smallest absolute Gasteiger partial charge is 0.243 e. The molecule has 1 amide bonds. The molecule has 4 nitrogen and oxygen atoms in total. The number of hydrogen-bond donors (Lipinski definition) is 1. The summed E-state index contributed by atoms with van der Waals surface area (Å²) in [5.41, 5.74) is 2.21. The first-order valence-electron chi connectivity index (χ1n) is 6.94. The molecule has 4 heteroatoms. The van der Waals surface area contributed by atoms with Crippen molar-refractivity contribution in [1.29, 1.82) is 0 Å². The molecule has 1 unspecified atom stereocenters. The van der Waals surface area contributed by atoms with Crippen LogP contribution in [0.15, 0.2) is 24.3 Å². The van der Waals surface area contributed by atoms with E-state index < -0.39 is 0 Å². The van der Waals surface area contributed by atoms with Gasteiger partial charge in [-0.25, -0.2) is 0 Å². The maximum absolute atomic E-state index is 12.4. The molecule has 0 aromatic heterocycles. The maximum atomic E-state index is 12.4. The van der Waals surface area contributed by atoms with Gasteiger partial charge in [-0.1, -0.05) is 18.2 Å². The highest BCUT2D eigenvalue weighted by Crippen LogP contribution is 2.24. The Morgan fingerprint density at radius 2 is 2.21 bits per heavy atom. The first-order chi connectivity index (χ1) is 9.24. The standard InChI is InChI=1S/C15H22N2O2/c1-3-19-10-6-9-17-14-8-5-4-7-13(14)11-16-12(2)15(17)18/h4-5,7-8,12,16H,3,6,9-11H2,1-2H3. The van der Waals surface area contributed by atoms with Gasteiger partial charge >= 0.3 is 0 Å². The summed E-state index contributed by atoms with van der Waals surface area (Å²) in [4.78, 5) is 14.3. The summed E-state index contributed by atoms with van der Waals surface area (Å²) in [6.45, 7) is 6.78. The number of amides is 1. The van der Waals surface area contributed by atoms with E-state index in [-0.39, 0.29) is 11.9 Å². The Labute approximate surface area is 114 Å². The van der Waals surface area contributed by atoms with E-state index in [2.05, 4.69) is 11.4 Å². The van der Waals surface area contributed by atoms with Gasteiger partial charge in [0.1, 0.15) is 0 Å². The van der Waals surface area contributed by atoms with Gasteiger partial charge in [0.15, 0.2) is 0 Å². The zero-order valence-corrected chi connectivity index (χ0v) is 11.7. The molecule has 104 valence electrons. The van der Waals surface area contributed by atoms with Crippen molar-refractivity contribution in [1.82, 2.24) is 5.32 Å². The minimum atomic E-state index is -0.139. The minimum absolute atomic E-state index is 0.139. The summed E-state index contributed by atoms with van der Waals surface area (Å²) in [5.74, 6) is 0.140. The van der Waals surface area contributed by atoms with E-state index >= 15 is 0 Å². The number of ether oxygens (including phenoxy) is 1. The third-order valence-corrected chi connectivity index (χ3v) is 3.39. The summed E-state index contributed by atoms with van der Waals surface area (Å²) in [7, 11) is 0. The molecule has 1 atom stereocenters. The van der Waals surface area contributed by atoms with Crippen LogP contribution in [0.2, 0.25) is 0 Å². The SMILES string of the molecule is CCOCCCN1C(=O)C(C)NCc2ccccc21. The molecule has 0 fully saturated rings. The number of carbonyl (C=O) groups excluding carboxylic acids is 1. The molecule has 1 aliphatic rings. The fraction of sp³-hybridized carbons (Fsp3) is 0.533. The highest BCUT2D eigenvalue weighted by molar-refractivity contribution is 5.98. The molecule has 2 rings (SSSR count). The maximum Gasteiger partial charge on any atom is 0.243 e. The van der Waals surface area contributed by atoms with Crippen molar-refractivity contribution in [3.63, 3.8) is 0 Å². The van der Waals surface area contributed by atoms with Crippen molar-refractivity contribution >= 4 is 11.6 Å². The molecule has 0 bridgehead atoms. The highest BCUT2D eigenvalue weighted by Gasteiger charge is 2.26. The van der Waals surface area contributed by atoms with Gasteiger partial charge in [0.2, 0.25) is 5.91 Å². The van der Waals surface area contributed by atoms with Crippen molar-refractivity contribution in [2.45, 2.75) is 32.9 Å². The Bertz CT molecular complexity index is 434. The van der Waals surface area contributed by atoms with Crippen LogP contribution in [-0.2, 0) is 16.1 Å². The van der Waals surface area contributed by atoms with Crippen molar-refractivity contribution in [3.05, 3.63) is 29.8 Å². The lowest BCUT2D eigenvalue weighted by Gasteiger charge is -2.24. The largest absolute Gasteiger partial charge is 0.382 e. The number of nitrogens with one attached hydrogen (secondary N) is 1. The second-order valence-electron chi connectivity index (χ2n) is 4.77. The van der Waals surface area contributed by atoms with Crippen molar-refractivity contribution in [2.75, 3.05) is 24.7 Å². The zero-order valence-electron chi connectivity index (χ0n) is 11.7. The van der Waals surface area contributed by atoms with Gasteiger partial charge in [0, 0.05) is 32.0 Å². The monoisotopic (exact) mass is 262 g/mol. The lowest BCUT2D eigenvalue weighted by molar-refractivity contribution is -0.120. The zero-order chi connectivity index (χ0) is 13.7. The third kappa shape index (κ3) is 3.33. The average molecular weight is 262 g/mol. The summed E-state index contributed by atoms with van der Waals surface area (Å²) in [5, 5.41) is 3.26. The van der Waals surface area contributed by atoms with Gasteiger partial charge in [0.25, 0.3) is 0 Å². The first-order valence-corrected chi connectivity index (χ1v) is 6.94. The normalized spacial score (nSPS) is 19.2. The molecule has 1 aromatic carbocycles. The van der Waals surface area contributed by atoms with E-state index in [0.29, 0.717) is 13.2 Å². The van der Waals surface area contributed by atoms with Gasteiger partial charge in [-0.05, 0) is 31.9 Å². The number of benzene rings is 1. The first kappa shape index (κ1) is 14.0. The summed E-state index contributed by atoms with van der Waals surface area (Å²) < 4.78 is 5.35. The molecule has 0 saturated heterocycles. The van der Waals surface area contributed by atoms with Gasteiger partial charge in [-0.3, -0.25) is 4.79 Å². The number of fused-ring (bicyclic) bond motifs is 1. The van der Waals surface area contributed by atoms with Crippen molar-refractivity contribution in [2.24, 2.45) is 0 Å². The summed E-state index contributed by atoms with van der Waals surface area (Å²) >= 11 is 0. The Hall–Kier alpha value is -1.39. The predicted octanol–water partition coefficient (Wildman–Crippen LogP) is 1.94. The van der Waals surface area contributed by atoms with Crippen LogP contribution in [0.25, 0.3) is 0 Å². The van der Waals surface area contributed by atoms with Crippen LogP contribution in [0.4, 0.5) is 5.69 Å². The predicted molar refractivity (Wildman–Crippen MR) is 76.2 cm³/mol. The van der Waals surface area contributed by atoms with Crippen molar-refractivity contribution in [3.8, 4) is 0 Å². The third-order valence-electron chi connectivity index (χ3n) is 3.39. The Morgan fingerprint density at radius 1 is 1.42 bits per heavy atom. The number of carbonyl (C=O) groups is 1. The number of anilines is 1. The quantitative estimate of drug-likeness (QED) is 0.825. The Balaban J connectivity index is 2.14. The van der Waals surface area contributed by atoms with Crippen LogP contribution >= 0.6 is 0 Å². The molecule has 1 N–H and O–H groups in total. The van der Waals surface area contributed by atoms with E-state index in [4.69, 9.17) is 4.74 Å². The van der Waals surface area contributed by atoms with Crippen molar-refractivity contribution < 1.29 is 9.53 Å². The lowest BCUT2D eigenvalue weighted by atomic mass is 10.1. The minimum Gasteiger partial charge on any atom is -0.382 e. The molecule has 0 saturated carbocycles. The fourth-order valence-corrected chi connectivity index (χ4v) is 2.33. The number of para-hydroxylation sites is 1. The van der Waals surface area contributed by atoms with E-state index in [1.165, 1.54) is 5.56 Å². The Kier molecular flexibility index (Phi) is 4.93. The topological polar surface area (TPSA) is 41.6 Å². The number of rotatable bonds is 5. The molecule has 0 radical (unpaired) electrons. The summed E-state index contributed by atoms with van der Waals surface area (Å²) in [6.07, 6.45) is 0.862. The molecule has 0 aliphatic carbocycles. The second-order valence-corrected chi connectivity index (χ2v) is 4.77. The molecule has 1 heterocycles. The van der Waals surface area contributed by atoms with E-state index in [1.54, 1.807) is 0 Å². The van der Waals surface area contributed by atoms with Gasteiger partial charge < -0.3 is 15.0 Å². The van der Waals surface area contributed by atoms with Gasteiger partial charge in [-0.2, -0.15) is 0 Å². The van der Waals surface area contributed by atoms with Crippen LogP contribution < -0.4 is 10.2 Å². The van der Waals surface area contributed by atoms with Gasteiger partial charge in [0.05, 0.1) is 6.04 Å². The lowest BCUT2D eigenvalue weighted by Crippen LogP contribution is -2.43. The highest BCUT2D eigenvalue weighted by atomic mass is 16.5. The average Bonchev–Trinajstić information content (AvgIpc) is 2.55. The van der Waals surface area contributed by atoms with Crippen LogP contribution in [0.1, 0.15) is 25.8 Å². The van der Waals surface area contributed by atoms with Crippen LogP contribution in [0.3, 0.4) is 0 Å². The second kappa shape index (κ2) is 6.68. The molecule has 1 aliphatic heterocycles. The van der Waals surface area contributed by atoms with Gasteiger partial charge in [-0.15, -0.1) is 0 Å². The van der Waals surface area contributed by atoms with E-state index in [9.17, 15) is 4.79 Å². The van der Waals surface area contributed by atoms with Crippen LogP contribution in [-0.4, -0.2) is 31.7 Å². The van der Waals surface area contributed by atoms with E-state index in [0.717, 1.165) is 25.3 Å². The Morgan fingerprint density at radius 3 is 3.00 bits per heavy atom. The molecular weight excluding hydrogens is 240 g/mol. The molecule has 1 aromatic rings. The number of nitrogens with zero attached hydrogens (tertiary/aromatic N) is 1. The fourth-order valence-electron chi connectivity index (χ4n) is 2.33. The molecular formula is C15H22N2O2. The number of hydrogen-bond acceptors (Lipinski definition) is 3. The van der Waals surface area contributed by atoms with Crippen LogP contribution in [0, 0.1) is 0 Å². The molecule has 0 spiro atoms. The summed E-state index contributed by atoms with van der Waals surface area (Å²) in [6, 6.07) is 7.95. The van der Waals surface area contributed by atoms with E-state index in [1.807, 2.05) is 36.9 Å².